The third-order valence-electron chi connectivity index (χ3n) is 3.07. The lowest BCUT2D eigenvalue weighted by atomic mass is 10.0. The van der Waals surface area contributed by atoms with Gasteiger partial charge in [0.1, 0.15) is 5.82 Å². The lowest BCUT2D eigenvalue weighted by Crippen LogP contribution is -2.42. The normalized spacial score (nSPS) is 12.3. The molecule has 0 saturated heterocycles. The van der Waals surface area contributed by atoms with E-state index in [0.717, 1.165) is 6.54 Å². The molecule has 0 aliphatic rings. The highest BCUT2D eigenvalue weighted by Crippen LogP contribution is 2.20. The van der Waals surface area contributed by atoms with Crippen molar-refractivity contribution in [3.8, 4) is 0 Å². The molecular formula is C15H24ClN3O2. The van der Waals surface area contributed by atoms with Gasteiger partial charge in [-0.3, -0.25) is 4.79 Å². The third kappa shape index (κ3) is 5.52. The highest BCUT2D eigenvalue weighted by atomic mass is 35.5. The molecule has 0 aliphatic carbocycles. The molecule has 1 rings (SSSR count). The van der Waals surface area contributed by atoms with Crippen LogP contribution in [0.15, 0.2) is 12.3 Å². The second-order valence-corrected chi connectivity index (χ2v) is 5.48. The number of rotatable bonds is 8. The Kier molecular flexibility index (Phi) is 7.47. The molecule has 1 aromatic rings. The first kappa shape index (κ1) is 17.7. The lowest BCUT2D eigenvalue weighted by molar-refractivity contribution is 0.0806. The van der Waals surface area contributed by atoms with E-state index in [9.17, 15) is 4.79 Å². The van der Waals surface area contributed by atoms with Gasteiger partial charge in [-0.05, 0) is 25.8 Å². The van der Waals surface area contributed by atoms with E-state index in [1.807, 2.05) is 27.7 Å². The number of amides is 1. The molecule has 0 spiro atoms. The minimum absolute atomic E-state index is 0.0373. The predicted octanol–water partition coefficient (Wildman–Crippen LogP) is 2.96. The van der Waals surface area contributed by atoms with Crippen molar-refractivity contribution in [2.45, 2.75) is 33.7 Å². The Morgan fingerprint density at radius 2 is 2.14 bits per heavy atom. The minimum atomic E-state index is -0.189. The first-order valence-electron chi connectivity index (χ1n) is 7.27. The van der Waals surface area contributed by atoms with Crippen LogP contribution in [0.3, 0.4) is 0 Å². The average molecular weight is 314 g/mol. The first-order chi connectivity index (χ1) is 9.99. The highest BCUT2D eigenvalue weighted by molar-refractivity contribution is 6.33. The molecule has 0 aromatic carbocycles. The van der Waals surface area contributed by atoms with Crippen molar-refractivity contribution in [2.24, 2.45) is 5.92 Å². The summed E-state index contributed by atoms with van der Waals surface area (Å²) in [5, 5.41) is 6.44. The largest absolute Gasteiger partial charge is 0.380 e. The van der Waals surface area contributed by atoms with Crippen LogP contribution in [-0.2, 0) is 4.74 Å². The van der Waals surface area contributed by atoms with E-state index in [4.69, 9.17) is 16.3 Å². The van der Waals surface area contributed by atoms with Gasteiger partial charge in [0, 0.05) is 19.3 Å². The first-order valence-corrected chi connectivity index (χ1v) is 7.65. The number of nitrogens with one attached hydrogen (secondary N) is 2. The summed E-state index contributed by atoms with van der Waals surface area (Å²) in [5.41, 5.74) is 0.448. The summed E-state index contributed by atoms with van der Waals surface area (Å²) in [6.45, 7) is 9.83. The van der Waals surface area contributed by atoms with Gasteiger partial charge in [-0.1, -0.05) is 25.4 Å². The summed E-state index contributed by atoms with van der Waals surface area (Å²) in [6.07, 6.45) is 1.53. The number of anilines is 1. The number of aromatic nitrogens is 1. The molecule has 21 heavy (non-hydrogen) atoms. The fourth-order valence-electron chi connectivity index (χ4n) is 1.76. The minimum Gasteiger partial charge on any atom is -0.380 e. The number of hydrogen-bond acceptors (Lipinski definition) is 4. The van der Waals surface area contributed by atoms with E-state index in [0.29, 0.717) is 29.6 Å². The van der Waals surface area contributed by atoms with Crippen LogP contribution in [0, 0.1) is 5.92 Å². The highest BCUT2D eigenvalue weighted by Gasteiger charge is 2.18. The van der Waals surface area contributed by atoms with Gasteiger partial charge in [0.05, 0.1) is 23.2 Å². The topological polar surface area (TPSA) is 63.2 Å². The number of ether oxygens (including phenoxy) is 1. The van der Waals surface area contributed by atoms with E-state index in [2.05, 4.69) is 15.6 Å². The summed E-state index contributed by atoms with van der Waals surface area (Å²) >= 11 is 6.11. The lowest BCUT2D eigenvalue weighted by Gasteiger charge is -2.22. The standard InChI is InChI=1S/C15H24ClN3O2/c1-5-17-14-12(16)7-11(8-18-14)15(20)19-13(10(3)4)9-21-6-2/h7-8,10,13H,5-6,9H2,1-4H3,(H,17,18)(H,19,20). The Hall–Kier alpha value is -1.33. The Morgan fingerprint density at radius 3 is 2.67 bits per heavy atom. The zero-order valence-corrected chi connectivity index (χ0v) is 13.8. The van der Waals surface area contributed by atoms with E-state index in [-0.39, 0.29) is 17.9 Å². The maximum atomic E-state index is 12.3. The van der Waals surface area contributed by atoms with Gasteiger partial charge >= 0.3 is 0 Å². The molecule has 1 heterocycles. The predicted molar refractivity (Wildman–Crippen MR) is 86.0 cm³/mol. The van der Waals surface area contributed by atoms with E-state index in [1.54, 1.807) is 6.07 Å². The molecule has 0 bridgehead atoms. The van der Waals surface area contributed by atoms with Crippen LogP contribution in [0.1, 0.15) is 38.1 Å². The molecule has 1 aromatic heterocycles. The van der Waals surface area contributed by atoms with Crippen molar-refractivity contribution in [3.63, 3.8) is 0 Å². The number of pyridine rings is 1. The van der Waals surface area contributed by atoms with Crippen molar-refractivity contribution in [1.29, 1.82) is 0 Å². The van der Waals surface area contributed by atoms with E-state index < -0.39 is 0 Å². The molecule has 6 heteroatoms. The summed E-state index contributed by atoms with van der Waals surface area (Å²) in [5.74, 6) is 0.682. The second kappa shape index (κ2) is 8.85. The van der Waals surface area contributed by atoms with Crippen molar-refractivity contribution in [3.05, 3.63) is 22.8 Å². The molecule has 0 aliphatic heterocycles. The van der Waals surface area contributed by atoms with Gasteiger partial charge in [0.15, 0.2) is 0 Å². The van der Waals surface area contributed by atoms with Crippen molar-refractivity contribution in [2.75, 3.05) is 25.1 Å². The summed E-state index contributed by atoms with van der Waals surface area (Å²) < 4.78 is 5.40. The number of halogens is 1. The number of carbonyl (C=O) groups is 1. The zero-order chi connectivity index (χ0) is 15.8. The maximum absolute atomic E-state index is 12.3. The molecule has 2 N–H and O–H groups in total. The van der Waals surface area contributed by atoms with Gasteiger partial charge in [-0.25, -0.2) is 4.98 Å². The smallest absolute Gasteiger partial charge is 0.253 e. The SMILES string of the molecule is CCNc1ncc(C(=O)NC(COCC)C(C)C)cc1Cl. The van der Waals surface area contributed by atoms with Crippen LogP contribution in [-0.4, -0.2) is 36.7 Å². The number of carbonyl (C=O) groups excluding carboxylic acids is 1. The van der Waals surface area contributed by atoms with Crippen LogP contribution < -0.4 is 10.6 Å². The van der Waals surface area contributed by atoms with E-state index >= 15 is 0 Å². The van der Waals surface area contributed by atoms with Crippen LogP contribution >= 0.6 is 11.6 Å². The van der Waals surface area contributed by atoms with Crippen LogP contribution in [0.4, 0.5) is 5.82 Å². The molecule has 1 atom stereocenters. The monoisotopic (exact) mass is 313 g/mol. The van der Waals surface area contributed by atoms with Gasteiger partial charge in [-0.2, -0.15) is 0 Å². The molecule has 0 radical (unpaired) electrons. The average Bonchev–Trinajstić information content (AvgIpc) is 2.45. The van der Waals surface area contributed by atoms with E-state index in [1.165, 1.54) is 6.20 Å². The molecule has 1 amide bonds. The fourth-order valence-corrected chi connectivity index (χ4v) is 1.99. The van der Waals surface area contributed by atoms with Gasteiger partial charge in [0.2, 0.25) is 0 Å². The molecule has 0 fully saturated rings. The Morgan fingerprint density at radius 1 is 1.43 bits per heavy atom. The Bertz CT molecular complexity index is 466. The van der Waals surface area contributed by atoms with Crippen molar-refractivity contribution in [1.82, 2.24) is 10.3 Å². The second-order valence-electron chi connectivity index (χ2n) is 5.07. The number of hydrogen-bond donors (Lipinski definition) is 2. The van der Waals surface area contributed by atoms with Crippen LogP contribution in [0.2, 0.25) is 5.02 Å². The zero-order valence-electron chi connectivity index (χ0n) is 13.1. The molecule has 1 unspecified atom stereocenters. The van der Waals surface area contributed by atoms with Gasteiger partial charge in [0.25, 0.3) is 5.91 Å². The quantitative estimate of drug-likeness (QED) is 0.774. The molecule has 0 saturated carbocycles. The van der Waals surface area contributed by atoms with Crippen LogP contribution in [0.5, 0.6) is 0 Å². The fraction of sp³-hybridized carbons (Fsp3) is 0.600. The van der Waals surface area contributed by atoms with Crippen molar-refractivity contribution >= 4 is 23.3 Å². The summed E-state index contributed by atoms with van der Waals surface area (Å²) in [7, 11) is 0. The summed E-state index contributed by atoms with van der Waals surface area (Å²) in [6, 6.07) is 1.59. The van der Waals surface area contributed by atoms with Crippen LogP contribution in [0.25, 0.3) is 0 Å². The Balaban J connectivity index is 2.75. The Labute approximate surface area is 131 Å². The molecule has 5 nitrogen and oxygen atoms in total. The third-order valence-corrected chi connectivity index (χ3v) is 3.36. The molecule has 118 valence electrons. The van der Waals surface area contributed by atoms with Crippen molar-refractivity contribution < 1.29 is 9.53 Å². The maximum Gasteiger partial charge on any atom is 0.253 e. The molecular weight excluding hydrogens is 290 g/mol. The summed E-state index contributed by atoms with van der Waals surface area (Å²) in [4.78, 5) is 16.4. The number of nitrogens with zero attached hydrogens (tertiary/aromatic N) is 1. The van der Waals surface area contributed by atoms with Gasteiger partial charge < -0.3 is 15.4 Å². The van der Waals surface area contributed by atoms with Gasteiger partial charge in [-0.15, -0.1) is 0 Å².